The molecule has 0 aromatic heterocycles. The monoisotopic (exact) mass is 279 g/mol. The number of hydrogen-bond donors (Lipinski definition) is 1. The Labute approximate surface area is 95.8 Å². The number of methoxy groups -OCH3 is 1. The number of ether oxygens (including phenoxy) is 1. The van der Waals surface area contributed by atoms with Crippen LogP contribution in [0.25, 0.3) is 0 Å². The van der Waals surface area contributed by atoms with Crippen LogP contribution >= 0.6 is 15.9 Å². The van der Waals surface area contributed by atoms with Crippen LogP contribution in [0, 0.1) is 0 Å². The van der Waals surface area contributed by atoms with Gasteiger partial charge in [0.1, 0.15) is 5.75 Å². The van der Waals surface area contributed by atoms with E-state index in [2.05, 4.69) is 21.2 Å². The Morgan fingerprint density at radius 1 is 1.33 bits per heavy atom. The van der Waals surface area contributed by atoms with Gasteiger partial charge in [-0.2, -0.15) is 8.78 Å². The first-order valence-corrected chi connectivity index (χ1v) is 5.21. The Hall–Kier alpha value is -0.680. The summed E-state index contributed by atoms with van der Waals surface area (Å²) in [5.41, 5.74) is 0.938. The summed E-state index contributed by atoms with van der Waals surface area (Å²) in [6.07, 6.45) is 0. The summed E-state index contributed by atoms with van der Waals surface area (Å²) in [6.45, 7) is 0.0181. The summed E-state index contributed by atoms with van der Waals surface area (Å²) >= 11 is 2.26. The molecule has 84 valence electrons. The Kier molecular flexibility index (Phi) is 4.47. The zero-order valence-electron chi connectivity index (χ0n) is 8.27. The van der Waals surface area contributed by atoms with Gasteiger partial charge in [-0.3, -0.25) is 0 Å². The van der Waals surface area contributed by atoms with E-state index < -0.39 is 4.83 Å². The van der Waals surface area contributed by atoms with Crippen LogP contribution in [0.15, 0.2) is 24.3 Å². The average Bonchev–Trinajstić information content (AvgIpc) is 2.17. The van der Waals surface area contributed by atoms with Gasteiger partial charge in [-0.15, -0.1) is 0 Å². The van der Waals surface area contributed by atoms with E-state index in [1.165, 1.54) is 0 Å². The van der Waals surface area contributed by atoms with Crippen molar-refractivity contribution in [1.82, 2.24) is 5.32 Å². The van der Waals surface area contributed by atoms with Crippen LogP contribution in [0.3, 0.4) is 0 Å². The highest BCUT2D eigenvalue weighted by atomic mass is 79.9. The highest BCUT2D eigenvalue weighted by molar-refractivity contribution is 9.10. The second kappa shape index (κ2) is 5.42. The van der Waals surface area contributed by atoms with Crippen LogP contribution in [0.1, 0.15) is 5.56 Å². The molecule has 0 bridgehead atoms. The smallest absolute Gasteiger partial charge is 0.313 e. The van der Waals surface area contributed by atoms with Crippen LogP contribution in [-0.2, 0) is 6.54 Å². The zero-order valence-corrected chi connectivity index (χ0v) is 9.85. The number of alkyl halides is 3. The second-order valence-electron chi connectivity index (χ2n) is 3.07. The normalized spacial score (nSPS) is 11.5. The van der Waals surface area contributed by atoms with Crippen LogP contribution in [-0.4, -0.2) is 18.5 Å². The lowest BCUT2D eigenvalue weighted by Gasteiger charge is -2.09. The predicted molar refractivity (Wildman–Crippen MR) is 58.6 cm³/mol. The summed E-state index contributed by atoms with van der Waals surface area (Å²) in [4.78, 5) is -2.85. The van der Waals surface area contributed by atoms with Gasteiger partial charge in [0.2, 0.25) is 0 Å². The lowest BCUT2D eigenvalue weighted by atomic mass is 10.2. The molecule has 0 aliphatic heterocycles. The molecule has 0 aliphatic carbocycles. The van der Waals surface area contributed by atoms with Gasteiger partial charge in [0.05, 0.1) is 13.7 Å². The first-order chi connectivity index (χ1) is 7.01. The average molecular weight is 280 g/mol. The van der Waals surface area contributed by atoms with Crippen molar-refractivity contribution >= 4 is 15.9 Å². The number of benzene rings is 1. The first-order valence-electron chi connectivity index (χ1n) is 4.41. The Balaban J connectivity index is 2.38. The van der Waals surface area contributed by atoms with Crippen molar-refractivity contribution in [2.75, 3.05) is 13.7 Å². The number of hydrogen-bond acceptors (Lipinski definition) is 2. The van der Waals surface area contributed by atoms with Gasteiger partial charge in [0, 0.05) is 6.54 Å². The summed E-state index contributed by atoms with van der Waals surface area (Å²) in [5, 5.41) is 2.64. The second-order valence-corrected chi connectivity index (χ2v) is 4.23. The molecule has 0 heterocycles. The third-order valence-electron chi connectivity index (χ3n) is 1.81. The van der Waals surface area contributed by atoms with Crippen molar-refractivity contribution in [3.05, 3.63) is 29.8 Å². The van der Waals surface area contributed by atoms with Gasteiger partial charge < -0.3 is 10.1 Å². The lowest BCUT2D eigenvalue weighted by Crippen LogP contribution is -2.26. The fourth-order valence-electron chi connectivity index (χ4n) is 1.09. The zero-order chi connectivity index (χ0) is 11.3. The largest absolute Gasteiger partial charge is 0.497 e. The van der Waals surface area contributed by atoms with Gasteiger partial charge in [-0.1, -0.05) is 12.1 Å². The van der Waals surface area contributed by atoms with Gasteiger partial charge in [0.25, 0.3) is 0 Å². The van der Waals surface area contributed by atoms with E-state index in [9.17, 15) is 8.78 Å². The molecule has 0 amide bonds. The summed E-state index contributed by atoms with van der Waals surface area (Å²) in [6, 6.07) is 7.25. The minimum absolute atomic E-state index is 0.390. The SMILES string of the molecule is COc1ccc(CNCC(F)(F)Br)cc1. The quantitative estimate of drug-likeness (QED) is 0.837. The van der Waals surface area contributed by atoms with E-state index in [-0.39, 0.29) is 6.54 Å². The molecule has 1 aromatic carbocycles. The topological polar surface area (TPSA) is 21.3 Å². The molecule has 1 N–H and O–H groups in total. The van der Waals surface area contributed by atoms with Crippen molar-refractivity contribution in [1.29, 1.82) is 0 Å². The van der Waals surface area contributed by atoms with Crippen LogP contribution in [0.5, 0.6) is 5.75 Å². The molecule has 1 rings (SSSR count). The fourth-order valence-corrected chi connectivity index (χ4v) is 1.29. The highest BCUT2D eigenvalue weighted by Gasteiger charge is 2.22. The molecule has 0 radical (unpaired) electrons. The number of rotatable bonds is 5. The van der Waals surface area contributed by atoms with Crippen molar-refractivity contribution in [2.45, 2.75) is 11.4 Å². The first kappa shape index (κ1) is 12.4. The summed E-state index contributed by atoms with van der Waals surface area (Å²) < 4.78 is 29.7. The van der Waals surface area contributed by atoms with E-state index in [0.29, 0.717) is 6.54 Å². The third-order valence-corrected chi connectivity index (χ3v) is 2.09. The number of halogens is 3. The maximum atomic E-state index is 12.4. The standard InChI is InChI=1S/C10H12BrF2NO/c1-15-9-4-2-8(3-5-9)6-14-7-10(11,12)13/h2-5,14H,6-7H2,1H3. The maximum absolute atomic E-state index is 12.4. The lowest BCUT2D eigenvalue weighted by molar-refractivity contribution is 0.113. The van der Waals surface area contributed by atoms with Crippen molar-refractivity contribution < 1.29 is 13.5 Å². The molecular weight excluding hydrogens is 268 g/mol. The molecule has 15 heavy (non-hydrogen) atoms. The van der Waals surface area contributed by atoms with Crippen molar-refractivity contribution in [2.24, 2.45) is 0 Å². The fraction of sp³-hybridized carbons (Fsp3) is 0.400. The molecule has 0 saturated carbocycles. The van der Waals surface area contributed by atoms with Gasteiger partial charge >= 0.3 is 4.83 Å². The van der Waals surface area contributed by atoms with Gasteiger partial charge in [-0.25, -0.2) is 0 Å². The van der Waals surface area contributed by atoms with E-state index in [4.69, 9.17) is 4.74 Å². The molecule has 0 atom stereocenters. The highest BCUT2D eigenvalue weighted by Crippen LogP contribution is 2.20. The van der Waals surface area contributed by atoms with Gasteiger partial charge in [0.15, 0.2) is 0 Å². The van der Waals surface area contributed by atoms with Crippen LogP contribution in [0.4, 0.5) is 8.78 Å². The molecule has 0 aliphatic rings. The van der Waals surface area contributed by atoms with Crippen LogP contribution in [0.2, 0.25) is 0 Å². The van der Waals surface area contributed by atoms with E-state index in [1.807, 2.05) is 12.1 Å². The van der Waals surface area contributed by atoms with Crippen molar-refractivity contribution in [3.63, 3.8) is 0 Å². The molecule has 0 fully saturated rings. The van der Waals surface area contributed by atoms with Crippen LogP contribution < -0.4 is 10.1 Å². The number of nitrogens with one attached hydrogen (secondary N) is 1. The molecular formula is C10H12BrF2NO. The minimum atomic E-state index is -2.85. The predicted octanol–water partition coefficient (Wildman–Crippen LogP) is 2.77. The molecule has 5 heteroatoms. The van der Waals surface area contributed by atoms with Crippen molar-refractivity contribution in [3.8, 4) is 5.75 Å². The molecule has 0 unspecified atom stereocenters. The molecule has 2 nitrogen and oxygen atoms in total. The Bertz CT molecular complexity index is 297. The molecule has 1 aromatic rings. The maximum Gasteiger partial charge on any atom is 0.313 e. The van der Waals surface area contributed by atoms with E-state index in [0.717, 1.165) is 11.3 Å². The summed E-state index contributed by atoms with van der Waals surface area (Å²) in [5.74, 6) is 0.754. The van der Waals surface area contributed by atoms with E-state index >= 15 is 0 Å². The minimum Gasteiger partial charge on any atom is -0.497 e. The third kappa shape index (κ3) is 5.09. The van der Waals surface area contributed by atoms with E-state index in [1.54, 1.807) is 19.2 Å². The summed E-state index contributed by atoms with van der Waals surface area (Å²) in [7, 11) is 1.58. The molecule has 0 spiro atoms. The van der Waals surface area contributed by atoms with Gasteiger partial charge in [-0.05, 0) is 33.6 Å². The Morgan fingerprint density at radius 3 is 2.40 bits per heavy atom. The molecule has 0 saturated heterocycles. The Morgan fingerprint density at radius 2 is 1.93 bits per heavy atom.